The third-order valence-corrected chi connectivity index (χ3v) is 4.15. The van der Waals surface area contributed by atoms with E-state index >= 15 is 0 Å². The number of hydrogen-bond acceptors (Lipinski definition) is 4. The van der Waals surface area contributed by atoms with Gasteiger partial charge in [0.25, 0.3) is 11.8 Å². The average molecular weight is 355 g/mol. The molecule has 3 aromatic carbocycles. The van der Waals surface area contributed by atoms with Gasteiger partial charge in [0.1, 0.15) is 0 Å². The summed E-state index contributed by atoms with van der Waals surface area (Å²) in [6, 6.07) is 26.5. The fourth-order valence-corrected chi connectivity index (χ4v) is 2.69. The van der Waals surface area contributed by atoms with E-state index in [1.54, 1.807) is 24.3 Å². The maximum absolute atomic E-state index is 12.3. The Labute approximate surface area is 156 Å². The summed E-state index contributed by atoms with van der Waals surface area (Å²) < 4.78 is 5.35. The van der Waals surface area contributed by atoms with Gasteiger partial charge in [0.05, 0.1) is 0 Å². The Morgan fingerprint density at radius 1 is 0.815 bits per heavy atom. The number of carbonyl (C=O) groups is 1. The maximum atomic E-state index is 12.3. The number of hydrogen-bond donors (Lipinski definition) is 1. The van der Waals surface area contributed by atoms with Gasteiger partial charge in [-0.25, -0.2) is 0 Å². The zero-order valence-corrected chi connectivity index (χ0v) is 14.5. The minimum Gasteiger partial charge on any atom is -0.348 e. The maximum Gasteiger partial charge on any atom is 0.258 e. The number of benzene rings is 3. The predicted molar refractivity (Wildman–Crippen MR) is 103 cm³/mol. The van der Waals surface area contributed by atoms with E-state index in [1.807, 2.05) is 60.7 Å². The summed E-state index contributed by atoms with van der Waals surface area (Å²) in [6.07, 6.45) is 0. The summed E-state index contributed by atoms with van der Waals surface area (Å²) in [6.45, 7) is 0.492. The van der Waals surface area contributed by atoms with Gasteiger partial charge in [0.2, 0.25) is 5.82 Å². The van der Waals surface area contributed by atoms with Crippen molar-refractivity contribution in [3.05, 3.63) is 96.1 Å². The van der Waals surface area contributed by atoms with E-state index in [9.17, 15) is 4.79 Å². The van der Waals surface area contributed by atoms with Crippen molar-refractivity contribution in [2.45, 2.75) is 6.54 Å². The Kier molecular flexibility index (Phi) is 4.74. The summed E-state index contributed by atoms with van der Waals surface area (Å²) in [5, 5.41) is 6.93. The molecule has 0 unspecified atom stereocenters. The first-order chi connectivity index (χ1) is 13.3. The number of aromatic nitrogens is 2. The molecule has 0 aliphatic rings. The number of rotatable bonds is 5. The van der Waals surface area contributed by atoms with Crippen LogP contribution in [0.15, 0.2) is 89.5 Å². The minimum absolute atomic E-state index is 0.124. The molecular formula is C22H17N3O2. The van der Waals surface area contributed by atoms with Crippen LogP contribution < -0.4 is 5.32 Å². The van der Waals surface area contributed by atoms with Crippen LogP contribution in [0, 0.1) is 0 Å². The molecule has 0 aliphatic heterocycles. The molecule has 4 aromatic rings. The summed E-state index contributed by atoms with van der Waals surface area (Å²) in [5.41, 5.74) is 3.30. The van der Waals surface area contributed by atoms with Crippen LogP contribution in [0.25, 0.3) is 22.8 Å². The normalized spacial score (nSPS) is 10.5. The number of nitrogens with one attached hydrogen (secondary N) is 1. The van der Waals surface area contributed by atoms with Crippen LogP contribution in [0.4, 0.5) is 0 Å². The molecule has 0 saturated heterocycles. The van der Waals surface area contributed by atoms with Gasteiger partial charge in [-0.1, -0.05) is 65.8 Å². The summed E-state index contributed by atoms with van der Waals surface area (Å²) in [7, 11) is 0. The van der Waals surface area contributed by atoms with Gasteiger partial charge in [0.15, 0.2) is 0 Å². The minimum atomic E-state index is -0.124. The van der Waals surface area contributed by atoms with Crippen LogP contribution in [0.3, 0.4) is 0 Å². The smallest absolute Gasteiger partial charge is 0.258 e. The third-order valence-electron chi connectivity index (χ3n) is 4.15. The van der Waals surface area contributed by atoms with Gasteiger partial charge in [-0.05, 0) is 29.8 Å². The van der Waals surface area contributed by atoms with Crippen molar-refractivity contribution < 1.29 is 9.32 Å². The molecule has 0 atom stereocenters. The highest BCUT2D eigenvalue weighted by Gasteiger charge is 2.11. The standard InChI is InChI=1S/C22H17N3O2/c26-21(23-15-16-7-3-1-4-8-16)18-11-13-19(14-12-18)22-24-20(25-27-22)17-9-5-2-6-10-17/h1-14H,15H2,(H,23,26). The molecule has 1 amide bonds. The first-order valence-electron chi connectivity index (χ1n) is 8.61. The lowest BCUT2D eigenvalue weighted by atomic mass is 10.1. The van der Waals surface area contributed by atoms with Crippen molar-refractivity contribution in [1.82, 2.24) is 15.5 Å². The van der Waals surface area contributed by atoms with E-state index in [-0.39, 0.29) is 5.91 Å². The largest absolute Gasteiger partial charge is 0.348 e. The van der Waals surface area contributed by atoms with Crippen LogP contribution in [0.1, 0.15) is 15.9 Å². The lowest BCUT2D eigenvalue weighted by molar-refractivity contribution is 0.0951. The fourth-order valence-electron chi connectivity index (χ4n) is 2.69. The molecule has 5 nitrogen and oxygen atoms in total. The van der Waals surface area contributed by atoms with Crippen LogP contribution in [0.2, 0.25) is 0 Å². The molecule has 0 radical (unpaired) electrons. The molecule has 0 bridgehead atoms. The van der Waals surface area contributed by atoms with E-state index in [4.69, 9.17) is 4.52 Å². The van der Waals surface area contributed by atoms with E-state index < -0.39 is 0 Å². The van der Waals surface area contributed by atoms with Gasteiger partial charge < -0.3 is 9.84 Å². The predicted octanol–water partition coefficient (Wildman–Crippen LogP) is 4.33. The lowest BCUT2D eigenvalue weighted by Gasteiger charge is -2.05. The van der Waals surface area contributed by atoms with Crippen molar-refractivity contribution >= 4 is 5.91 Å². The van der Waals surface area contributed by atoms with Gasteiger partial charge in [-0.3, -0.25) is 4.79 Å². The molecule has 1 heterocycles. The van der Waals surface area contributed by atoms with E-state index in [0.717, 1.165) is 16.7 Å². The van der Waals surface area contributed by atoms with Crippen molar-refractivity contribution in [1.29, 1.82) is 0 Å². The number of amides is 1. The summed E-state index contributed by atoms with van der Waals surface area (Å²) >= 11 is 0. The Morgan fingerprint density at radius 2 is 1.48 bits per heavy atom. The zero-order valence-electron chi connectivity index (χ0n) is 14.5. The van der Waals surface area contributed by atoms with Crippen LogP contribution in [-0.4, -0.2) is 16.0 Å². The third kappa shape index (κ3) is 3.93. The fraction of sp³-hybridized carbons (Fsp3) is 0.0455. The second-order valence-corrected chi connectivity index (χ2v) is 6.03. The number of nitrogens with zero attached hydrogens (tertiary/aromatic N) is 2. The number of carbonyl (C=O) groups excluding carboxylic acids is 1. The van der Waals surface area contributed by atoms with Crippen molar-refractivity contribution in [2.75, 3.05) is 0 Å². The quantitative estimate of drug-likeness (QED) is 0.578. The molecular weight excluding hydrogens is 338 g/mol. The Morgan fingerprint density at radius 3 is 2.19 bits per heavy atom. The van der Waals surface area contributed by atoms with Gasteiger partial charge in [-0.15, -0.1) is 0 Å². The Bertz CT molecular complexity index is 1030. The molecule has 0 fully saturated rings. The lowest BCUT2D eigenvalue weighted by Crippen LogP contribution is -2.22. The van der Waals surface area contributed by atoms with Gasteiger partial charge in [-0.2, -0.15) is 4.98 Å². The second-order valence-electron chi connectivity index (χ2n) is 6.03. The SMILES string of the molecule is O=C(NCc1ccccc1)c1ccc(-c2nc(-c3ccccc3)no2)cc1. The highest BCUT2D eigenvalue weighted by Crippen LogP contribution is 2.22. The molecule has 0 saturated carbocycles. The van der Waals surface area contributed by atoms with Crippen LogP contribution in [-0.2, 0) is 6.54 Å². The zero-order chi connectivity index (χ0) is 18.5. The Hall–Kier alpha value is -3.73. The topological polar surface area (TPSA) is 68.0 Å². The first kappa shape index (κ1) is 16.7. The van der Waals surface area contributed by atoms with Crippen molar-refractivity contribution in [2.24, 2.45) is 0 Å². The summed E-state index contributed by atoms with van der Waals surface area (Å²) in [5.74, 6) is 0.835. The molecule has 4 rings (SSSR count). The molecule has 5 heteroatoms. The second kappa shape index (κ2) is 7.66. The Balaban J connectivity index is 1.44. The highest BCUT2D eigenvalue weighted by molar-refractivity contribution is 5.94. The summed E-state index contributed by atoms with van der Waals surface area (Å²) in [4.78, 5) is 16.7. The molecule has 132 valence electrons. The first-order valence-corrected chi connectivity index (χ1v) is 8.61. The van der Waals surface area contributed by atoms with Crippen LogP contribution in [0.5, 0.6) is 0 Å². The van der Waals surface area contributed by atoms with Crippen molar-refractivity contribution in [3.8, 4) is 22.8 Å². The van der Waals surface area contributed by atoms with Crippen LogP contribution >= 0.6 is 0 Å². The molecule has 27 heavy (non-hydrogen) atoms. The molecule has 1 aromatic heterocycles. The van der Waals surface area contributed by atoms with Gasteiger partial charge >= 0.3 is 0 Å². The highest BCUT2D eigenvalue weighted by atomic mass is 16.5. The monoisotopic (exact) mass is 355 g/mol. The average Bonchev–Trinajstić information content (AvgIpc) is 3.24. The van der Waals surface area contributed by atoms with E-state index in [2.05, 4.69) is 15.5 Å². The van der Waals surface area contributed by atoms with E-state index in [0.29, 0.717) is 23.8 Å². The van der Waals surface area contributed by atoms with E-state index in [1.165, 1.54) is 0 Å². The van der Waals surface area contributed by atoms with Crippen molar-refractivity contribution in [3.63, 3.8) is 0 Å². The van der Waals surface area contributed by atoms with Gasteiger partial charge in [0, 0.05) is 23.2 Å². The molecule has 0 aliphatic carbocycles. The molecule has 0 spiro atoms. The molecule has 1 N–H and O–H groups in total.